The van der Waals surface area contributed by atoms with Gasteiger partial charge in [-0.05, 0) is 24.8 Å². The van der Waals surface area contributed by atoms with Crippen molar-refractivity contribution in [2.75, 3.05) is 13.1 Å². The number of carbonyl (C=O) groups is 1. The number of phenols is 1. The van der Waals surface area contributed by atoms with Crippen LogP contribution < -0.4 is 11.3 Å². The molecule has 144 valence electrons. The number of halogens is 2. The number of amides is 1. The molecule has 9 heteroatoms. The highest BCUT2D eigenvalue weighted by molar-refractivity contribution is 6.42. The lowest BCUT2D eigenvalue weighted by molar-refractivity contribution is 0.0670. The highest BCUT2D eigenvalue weighted by Crippen LogP contribution is 2.37. The molecule has 0 saturated carbocycles. The van der Waals surface area contributed by atoms with Crippen molar-refractivity contribution < 1.29 is 9.90 Å². The van der Waals surface area contributed by atoms with Crippen molar-refractivity contribution in [3.63, 3.8) is 0 Å². The van der Waals surface area contributed by atoms with Gasteiger partial charge in [0, 0.05) is 44.0 Å². The van der Waals surface area contributed by atoms with Crippen LogP contribution in [-0.2, 0) is 7.05 Å². The molecule has 1 aromatic carbocycles. The molecule has 1 atom stereocenters. The number of carbonyl (C=O) groups excluding carboxylic acids is 1. The number of hydrogen-bond acceptors (Lipinski definition) is 5. The Kier molecular flexibility index (Phi) is 5.74. The van der Waals surface area contributed by atoms with E-state index in [9.17, 15) is 14.7 Å². The third kappa shape index (κ3) is 4.10. The summed E-state index contributed by atoms with van der Waals surface area (Å²) in [6.07, 6.45) is 3.94. The summed E-state index contributed by atoms with van der Waals surface area (Å²) >= 11 is 11.9. The van der Waals surface area contributed by atoms with Crippen LogP contribution >= 0.6 is 23.2 Å². The summed E-state index contributed by atoms with van der Waals surface area (Å²) in [7, 11) is 1.58. The number of nitrogens with zero attached hydrogens (tertiary/aromatic N) is 3. The largest absolute Gasteiger partial charge is 0.508 e. The summed E-state index contributed by atoms with van der Waals surface area (Å²) in [5.41, 5.74) is 6.86. The fourth-order valence-corrected chi connectivity index (χ4v) is 3.63. The second-order valence-corrected chi connectivity index (χ2v) is 7.52. The minimum absolute atomic E-state index is 0.0183. The normalized spacial score (nSPS) is 16.4. The summed E-state index contributed by atoms with van der Waals surface area (Å²) in [5.74, 6) is -0.106. The van der Waals surface area contributed by atoms with Crippen molar-refractivity contribution >= 4 is 29.1 Å². The summed E-state index contributed by atoms with van der Waals surface area (Å²) in [5, 5.41) is 10.7. The van der Waals surface area contributed by atoms with Crippen molar-refractivity contribution in [1.29, 1.82) is 0 Å². The molecule has 0 bridgehead atoms. The van der Waals surface area contributed by atoms with Crippen LogP contribution in [0.25, 0.3) is 0 Å². The Hall–Kier alpha value is -2.09. The third-order valence-electron chi connectivity index (χ3n) is 4.96. The van der Waals surface area contributed by atoms with Gasteiger partial charge in [-0.3, -0.25) is 9.59 Å². The quantitative estimate of drug-likeness (QED) is 0.808. The summed E-state index contributed by atoms with van der Waals surface area (Å²) in [4.78, 5) is 29.6. The minimum Gasteiger partial charge on any atom is -0.508 e. The Bertz CT molecular complexity index is 923. The molecule has 0 radical (unpaired) electrons. The number of hydrogen-bond donors (Lipinski definition) is 2. The van der Waals surface area contributed by atoms with E-state index in [1.807, 2.05) is 0 Å². The van der Waals surface area contributed by atoms with Gasteiger partial charge in [0.05, 0.1) is 16.2 Å². The fraction of sp³-hybridized carbons (Fsp3) is 0.389. The van der Waals surface area contributed by atoms with E-state index in [4.69, 9.17) is 28.9 Å². The van der Waals surface area contributed by atoms with Crippen LogP contribution in [0.5, 0.6) is 5.75 Å². The van der Waals surface area contributed by atoms with Gasteiger partial charge < -0.3 is 20.3 Å². The number of rotatable bonds is 3. The molecule has 0 spiro atoms. The first-order valence-corrected chi connectivity index (χ1v) is 9.29. The molecule has 27 heavy (non-hydrogen) atoms. The monoisotopic (exact) mass is 410 g/mol. The molecule has 2 heterocycles. The minimum atomic E-state index is -0.410. The van der Waals surface area contributed by atoms with E-state index in [1.165, 1.54) is 16.8 Å². The molecule has 1 fully saturated rings. The predicted molar refractivity (Wildman–Crippen MR) is 103 cm³/mol. The van der Waals surface area contributed by atoms with E-state index >= 15 is 0 Å². The van der Waals surface area contributed by atoms with E-state index in [1.54, 1.807) is 18.0 Å². The maximum atomic E-state index is 12.6. The molecule has 1 unspecified atom stereocenters. The van der Waals surface area contributed by atoms with Gasteiger partial charge >= 0.3 is 0 Å². The number of phenolic OH excluding ortho intramolecular Hbond substituents is 1. The number of aromatic nitrogens is 2. The highest BCUT2D eigenvalue weighted by atomic mass is 35.5. The molecular formula is C18H20Cl2N4O3. The van der Waals surface area contributed by atoms with Crippen LogP contribution in [-0.4, -0.2) is 38.6 Å². The van der Waals surface area contributed by atoms with Crippen molar-refractivity contribution in [2.24, 2.45) is 18.7 Å². The Balaban J connectivity index is 1.68. The number of aromatic hydroxyl groups is 1. The van der Waals surface area contributed by atoms with Gasteiger partial charge in [-0.1, -0.05) is 23.2 Å². The van der Waals surface area contributed by atoms with Gasteiger partial charge in [0.15, 0.2) is 0 Å². The van der Waals surface area contributed by atoms with Gasteiger partial charge in [0.1, 0.15) is 11.4 Å². The SMILES string of the molecule is Cn1cc(C(=O)N2CCC(C(N)c3cc(Cl)c(Cl)cc3O)CC2)ncc1=O. The van der Waals surface area contributed by atoms with Crippen LogP contribution in [0.1, 0.15) is 34.9 Å². The lowest BCUT2D eigenvalue weighted by Crippen LogP contribution is -2.41. The molecule has 0 aliphatic carbocycles. The second-order valence-electron chi connectivity index (χ2n) is 6.70. The Morgan fingerprint density at radius 3 is 2.56 bits per heavy atom. The molecule has 1 aromatic heterocycles. The molecule has 2 aromatic rings. The lowest BCUT2D eigenvalue weighted by atomic mass is 9.85. The topological polar surface area (TPSA) is 101 Å². The fourth-order valence-electron chi connectivity index (χ4n) is 3.30. The van der Waals surface area contributed by atoms with Gasteiger partial charge in [0.2, 0.25) is 0 Å². The maximum absolute atomic E-state index is 12.6. The molecule has 3 rings (SSSR count). The second kappa shape index (κ2) is 7.88. The van der Waals surface area contributed by atoms with E-state index in [2.05, 4.69) is 4.98 Å². The molecule has 1 aliphatic heterocycles. The standard InChI is InChI=1S/C18H20Cl2N4O3/c1-23-9-14(22-8-16(23)26)18(27)24-4-2-10(3-5-24)17(21)11-6-12(19)13(20)7-15(11)25/h6-10,17,25H,2-5,21H2,1H3. The summed E-state index contributed by atoms with van der Waals surface area (Å²) in [6.45, 7) is 1.04. The Morgan fingerprint density at radius 2 is 1.93 bits per heavy atom. The van der Waals surface area contributed by atoms with Crippen LogP contribution in [0.2, 0.25) is 10.0 Å². The van der Waals surface area contributed by atoms with Gasteiger partial charge in [-0.2, -0.15) is 0 Å². The first-order chi connectivity index (χ1) is 12.8. The molecule has 7 nitrogen and oxygen atoms in total. The number of benzene rings is 1. The smallest absolute Gasteiger partial charge is 0.273 e. The van der Waals surface area contributed by atoms with Crippen molar-refractivity contribution in [1.82, 2.24) is 14.5 Å². The lowest BCUT2D eigenvalue weighted by Gasteiger charge is -2.35. The van der Waals surface area contributed by atoms with Crippen molar-refractivity contribution in [2.45, 2.75) is 18.9 Å². The maximum Gasteiger partial charge on any atom is 0.273 e. The average molecular weight is 411 g/mol. The first kappa shape index (κ1) is 19.7. The van der Waals surface area contributed by atoms with Gasteiger partial charge in [-0.15, -0.1) is 0 Å². The zero-order chi connectivity index (χ0) is 19.7. The number of aryl methyl sites for hydroxylation is 1. The van der Waals surface area contributed by atoms with E-state index in [0.717, 1.165) is 6.20 Å². The van der Waals surface area contributed by atoms with E-state index in [-0.39, 0.29) is 33.9 Å². The van der Waals surface area contributed by atoms with Crippen molar-refractivity contribution in [3.8, 4) is 5.75 Å². The number of nitrogens with two attached hydrogens (primary N) is 1. The van der Waals surface area contributed by atoms with E-state index < -0.39 is 6.04 Å². The highest BCUT2D eigenvalue weighted by Gasteiger charge is 2.30. The zero-order valence-electron chi connectivity index (χ0n) is 14.7. The molecule has 3 N–H and O–H groups in total. The van der Waals surface area contributed by atoms with Crippen LogP contribution in [0.15, 0.2) is 29.3 Å². The van der Waals surface area contributed by atoms with Gasteiger partial charge in [-0.25, -0.2) is 4.98 Å². The molecular weight excluding hydrogens is 391 g/mol. The van der Waals surface area contributed by atoms with Crippen molar-refractivity contribution in [3.05, 3.63) is 56.2 Å². The van der Waals surface area contributed by atoms with E-state index in [0.29, 0.717) is 36.5 Å². The molecule has 1 saturated heterocycles. The summed E-state index contributed by atoms with van der Waals surface area (Å²) < 4.78 is 1.33. The Labute approximate surface area is 166 Å². The Morgan fingerprint density at radius 1 is 1.30 bits per heavy atom. The first-order valence-electron chi connectivity index (χ1n) is 8.53. The zero-order valence-corrected chi connectivity index (χ0v) is 16.2. The molecule has 1 amide bonds. The number of likely N-dealkylation sites (tertiary alicyclic amines) is 1. The van der Waals surface area contributed by atoms with Crippen LogP contribution in [0.4, 0.5) is 0 Å². The summed E-state index contributed by atoms with van der Waals surface area (Å²) in [6, 6.07) is 2.58. The average Bonchev–Trinajstić information content (AvgIpc) is 2.66. The number of piperidine rings is 1. The van der Waals surface area contributed by atoms with Crippen LogP contribution in [0.3, 0.4) is 0 Å². The van der Waals surface area contributed by atoms with Gasteiger partial charge in [0.25, 0.3) is 11.5 Å². The van der Waals surface area contributed by atoms with Crippen LogP contribution in [0, 0.1) is 5.92 Å². The third-order valence-corrected chi connectivity index (χ3v) is 5.68. The molecule has 1 aliphatic rings. The predicted octanol–water partition coefficient (Wildman–Crippen LogP) is 2.34.